The lowest BCUT2D eigenvalue weighted by Crippen LogP contribution is -2.59. The number of rotatable bonds is 6. The fourth-order valence-electron chi connectivity index (χ4n) is 6.07. The van der Waals surface area contributed by atoms with Crippen LogP contribution >= 0.6 is 0 Å². The average molecular weight is 464 g/mol. The minimum Gasteiger partial charge on any atom is -0.378 e. The quantitative estimate of drug-likeness (QED) is 0.655. The molecule has 7 heteroatoms. The number of aromatic nitrogens is 2. The van der Waals surface area contributed by atoms with Gasteiger partial charge in [0.15, 0.2) is 0 Å². The first-order valence-electron chi connectivity index (χ1n) is 12.8. The first-order valence-corrected chi connectivity index (χ1v) is 12.8. The highest BCUT2D eigenvalue weighted by Crippen LogP contribution is 2.46. The van der Waals surface area contributed by atoms with Crippen LogP contribution in [0.1, 0.15) is 50.3 Å². The molecule has 7 nitrogen and oxygen atoms in total. The van der Waals surface area contributed by atoms with Gasteiger partial charge in [-0.2, -0.15) is 0 Å². The van der Waals surface area contributed by atoms with Gasteiger partial charge in [-0.25, -0.2) is 9.97 Å². The molecule has 3 saturated heterocycles. The van der Waals surface area contributed by atoms with Crippen molar-refractivity contribution in [3.05, 3.63) is 53.9 Å². The molecule has 0 saturated carbocycles. The van der Waals surface area contributed by atoms with E-state index in [9.17, 15) is 4.79 Å². The zero-order chi connectivity index (χ0) is 23.5. The number of hydrogen-bond acceptors (Lipinski definition) is 6. The zero-order valence-corrected chi connectivity index (χ0v) is 20.5. The number of ether oxygens (including phenoxy) is 1. The van der Waals surface area contributed by atoms with Gasteiger partial charge in [0.1, 0.15) is 0 Å². The minimum absolute atomic E-state index is 0.152. The molecular formula is C27H37N5O2. The van der Waals surface area contributed by atoms with Crippen molar-refractivity contribution in [2.75, 3.05) is 50.8 Å². The highest BCUT2D eigenvalue weighted by molar-refractivity contribution is 5.78. The summed E-state index contributed by atoms with van der Waals surface area (Å²) >= 11 is 0. The molecule has 1 aromatic heterocycles. The molecule has 5 rings (SSSR count). The van der Waals surface area contributed by atoms with E-state index in [4.69, 9.17) is 9.72 Å². The van der Waals surface area contributed by atoms with E-state index >= 15 is 0 Å². The molecule has 1 aromatic carbocycles. The van der Waals surface area contributed by atoms with Gasteiger partial charge in [0.05, 0.1) is 24.4 Å². The summed E-state index contributed by atoms with van der Waals surface area (Å²) in [5, 5.41) is 0. The molecule has 0 bridgehead atoms. The molecule has 4 heterocycles. The Morgan fingerprint density at radius 2 is 1.94 bits per heavy atom. The molecule has 3 fully saturated rings. The Kier molecular flexibility index (Phi) is 6.84. The van der Waals surface area contributed by atoms with Crippen molar-refractivity contribution in [2.24, 2.45) is 5.92 Å². The maximum absolute atomic E-state index is 13.2. The minimum atomic E-state index is -0.152. The van der Waals surface area contributed by atoms with Crippen molar-refractivity contribution >= 4 is 11.9 Å². The molecule has 2 aromatic rings. The number of anilines is 1. The smallest absolute Gasteiger partial charge is 0.225 e. The number of carbonyl (C=O) groups is 1. The average Bonchev–Trinajstić information content (AvgIpc) is 3.21. The second-order valence-corrected chi connectivity index (χ2v) is 10.4. The maximum atomic E-state index is 13.2. The lowest BCUT2D eigenvalue weighted by atomic mass is 9.74. The van der Waals surface area contributed by atoms with Crippen LogP contribution < -0.4 is 4.90 Å². The van der Waals surface area contributed by atoms with Gasteiger partial charge in [-0.05, 0) is 30.4 Å². The van der Waals surface area contributed by atoms with E-state index in [1.807, 2.05) is 12.3 Å². The number of amides is 1. The van der Waals surface area contributed by atoms with Crippen LogP contribution in [-0.4, -0.2) is 77.2 Å². The predicted molar refractivity (Wildman–Crippen MR) is 133 cm³/mol. The third kappa shape index (κ3) is 4.68. The van der Waals surface area contributed by atoms with E-state index in [-0.39, 0.29) is 5.54 Å². The molecule has 0 unspecified atom stereocenters. The van der Waals surface area contributed by atoms with Gasteiger partial charge in [-0.3, -0.25) is 9.69 Å². The van der Waals surface area contributed by atoms with Gasteiger partial charge in [-0.1, -0.05) is 44.2 Å². The van der Waals surface area contributed by atoms with Gasteiger partial charge >= 0.3 is 0 Å². The molecule has 1 amide bonds. The molecule has 0 N–H and O–H groups in total. The van der Waals surface area contributed by atoms with Crippen LogP contribution in [0.25, 0.3) is 0 Å². The second kappa shape index (κ2) is 10.0. The van der Waals surface area contributed by atoms with Gasteiger partial charge < -0.3 is 14.5 Å². The van der Waals surface area contributed by atoms with Gasteiger partial charge in [-0.15, -0.1) is 0 Å². The van der Waals surface area contributed by atoms with Crippen LogP contribution in [0.4, 0.5) is 5.95 Å². The third-order valence-corrected chi connectivity index (χ3v) is 7.56. The highest BCUT2D eigenvalue weighted by Gasteiger charge is 2.53. The molecule has 1 spiro atoms. The molecule has 34 heavy (non-hydrogen) atoms. The highest BCUT2D eigenvalue weighted by atomic mass is 16.5. The normalized spacial score (nSPS) is 26.1. The van der Waals surface area contributed by atoms with Crippen molar-refractivity contribution in [1.82, 2.24) is 19.8 Å². The van der Waals surface area contributed by atoms with Crippen molar-refractivity contribution in [2.45, 2.75) is 51.1 Å². The van der Waals surface area contributed by atoms with Gasteiger partial charge in [0.2, 0.25) is 11.9 Å². The number of likely N-dealkylation sites (tertiary alicyclic amines) is 2. The van der Waals surface area contributed by atoms with Crippen molar-refractivity contribution in [3.8, 4) is 0 Å². The molecule has 2 atom stereocenters. The molecule has 3 aliphatic rings. The van der Waals surface area contributed by atoms with Crippen LogP contribution in [0.3, 0.4) is 0 Å². The summed E-state index contributed by atoms with van der Waals surface area (Å²) in [6.07, 6.45) is 4.58. The van der Waals surface area contributed by atoms with E-state index < -0.39 is 0 Å². The van der Waals surface area contributed by atoms with Crippen LogP contribution in [0.15, 0.2) is 42.6 Å². The summed E-state index contributed by atoms with van der Waals surface area (Å²) in [5.74, 6) is 1.86. The predicted octanol–water partition coefficient (Wildman–Crippen LogP) is 3.32. The van der Waals surface area contributed by atoms with Gasteiger partial charge in [0.25, 0.3) is 0 Å². The Labute approximate surface area is 203 Å². The third-order valence-electron chi connectivity index (χ3n) is 7.56. The van der Waals surface area contributed by atoms with Crippen LogP contribution in [0.5, 0.6) is 0 Å². The van der Waals surface area contributed by atoms with Crippen LogP contribution in [-0.2, 0) is 16.1 Å². The molecule has 0 aliphatic carbocycles. The van der Waals surface area contributed by atoms with Gasteiger partial charge in [0, 0.05) is 57.8 Å². The number of morpholine rings is 1. The van der Waals surface area contributed by atoms with Crippen LogP contribution in [0.2, 0.25) is 0 Å². The summed E-state index contributed by atoms with van der Waals surface area (Å²) in [5.41, 5.74) is 2.23. The summed E-state index contributed by atoms with van der Waals surface area (Å²) in [6, 6.07) is 12.8. The Morgan fingerprint density at radius 1 is 1.15 bits per heavy atom. The molecule has 0 radical (unpaired) electrons. The van der Waals surface area contributed by atoms with E-state index in [0.717, 1.165) is 77.0 Å². The first kappa shape index (κ1) is 23.2. The largest absolute Gasteiger partial charge is 0.378 e. The Morgan fingerprint density at radius 3 is 2.71 bits per heavy atom. The summed E-state index contributed by atoms with van der Waals surface area (Å²) in [6.45, 7) is 11.0. The van der Waals surface area contributed by atoms with Crippen LogP contribution in [0, 0.1) is 5.92 Å². The number of piperidine rings is 1. The molecule has 3 aliphatic heterocycles. The summed E-state index contributed by atoms with van der Waals surface area (Å²) in [4.78, 5) is 29.6. The van der Waals surface area contributed by atoms with E-state index in [0.29, 0.717) is 24.2 Å². The maximum Gasteiger partial charge on any atom is 0.225 e. The number of benzene rings is 1. The lowest BCUT2D eigenvalue weighted by Gasteiger charge is -2.49. The second-order valence-electron chi connectivity index (χ2n) is 10.4. The lowest BCUT2D eigenvalue weighted by molar-refractivity contribution is -0.143. The summed E-state index contributed by atoms with van der Waals surface area (Å²) < 4.78 is 5.49. The number of hydrogen-bond donors (Lipinski definition) is 0. The van der Waals surface area contributed by atoms with E-state index in [1.54, 1.807) is 0 Å². The number of carbonyl (C=O) groups excluding carboxylic acids is 1. The van der Waals surface area contributed by atoms with Crippen molar-refractivity contribution < 1.29 is 9.53 Å². The van der Waals surface area contributed by atoms with E-state index in [2.05, 4.69) is 63.9 Å². The molecule has 182 valence electrons. The van der Waals surface area contributed by atoms with Crippen molar-refractivity contribution in [1.29, 1.82) is 0 Å². The Balaban J connectivity index is 1.42. The monoisotopic (exact) mass is 463 g/mol. The topological polar surface area (TPSA) is 61.8 Å². The number of nitrogens with zero attached hydrogens (tertiary/aromatic N) is 5. The SMILES string of the molecule is CC(C)CN1C(=O)CCC[C@]12CN(Cc1ccnc(N3CCOCC3)n1)C[C@H]2c1ccccc1. The fourth-order valence-corrected chi connectivity index (χ4v) is 6.07. The molecular weight excluding hydrogens is 426 g/mol. The standard InChI is InChI=1S/C27H37N5O2/c1-21(2)17-32-25(33)9-6-11-27(32)20-30(19-24(27)22-7-4-3-5-8-22)18-23-10-12-28-26(29-23)31-13-15-34-16-14-31/h3-5,7-8,10,12,21,24H,6,9,11,13-20H2,1-2H3/t24-,27+/m0/s1. The first-order chi connectivity index (χ1) is 16.5. The Bertz CT molecular complexity index is 978. The fraction of sp³-hybridized carbons (Fsp3) is 0.593. The summed E-state index contributed by atoms with van der Waals surface area (Å²) in [7, 11) is 0. The van der Waals surface area contributed by atoms with E-state index in [1.165, 1.54) is 5.56 Å². The zero-order valence-electron chi connectivity index (χ0n) is 20.5. The Hall–Kier alpha value is -2.51. The van der Waals surface area contributed by atoms with Crippen molar-refractivity contribution in [3.63, 3.8) is 0 Å².